The maximum Gasteiger partial charge on any atom is 0.0547 e. The van der Waals surface area contributed by atoms with Gasteiger partial charge in [-0.3, -0.25) is 9.88 Å². The van der Waals surface area contributed by atoms with Crippen LogP contribution in [-0.4, -0.2) is 36.1 Å². The zero-order valence-corrected chi connectivity index (χ0v) is 12.2. The molecule has 1 unspecified atom stereocenters. The Bertz CT molecular complexity index is 338. The molecule has 0 fully saturated rings. The van der Waals surface area contributed by atoms with Gasteiger partial charge in [-0.25, -0.2) is 0 Å². The number of aryl methyl sites for hydroxylation is 1. The van der Waals surface area contributed by atoms with Crippen molar-refractivity contribution >= 4 is 0 Å². The molecule has 102 valence electrons. The van der Waals surface area contributed by atoms with E-state index in [1.54, 1.807) is 0 Å². The molecule has 0 spiro atoms. The van der Waals surface area contributed by atoms with Crippen molar-refractivity contribution in [3.05, 3.63) is 29.6 Å². The van der Waals surface area contributed by atoms with E-state index in [1.165, 1.54) is 12.8 Å². The van der Waals surface area contributed by atoms with Gasteiger partial charge in [0.2, 0.25) is 0 Å². The third kappa shape index (κ3) is 5.61. The second kappa shape index (κ2) is 8.22. The van der Waals surface area contributed by atoms with Gasteiger partial charge in [-0.15, -0.1) is 0 Å². The lowest BCUT2D eigenvalue weighted by atomic mass is 10.2. The number of hydrogen-bond donors (Lipinski definition) is 1. The minimum atomic E-state index is 0.580. The zero-order chi connectivity index (χ0) is 13.4. The van der Waals surface area contributed by atoms with Crippen LogP contribution in [0.5, 0.6) is 0 Å². The van der Waals surface area contributed by atoms with E-state index < -0.39 is 0 Å². The predicted octanol–water partition coefficient (Wildman–Crippen LogP) is 2.60. The number of pyridine rings is 1. The van der Waals surface area contributed by atoms with Crippen LogP contribution in [0.3, 0.4) is 0 Å². The highest BCUT2D eigenvalue weighted by atomic mass is 15.1. The van der Waals surface area contributed by atoms with Crippen molar-refractivity contribution in [1.82, 2.24) is 15.2 Å². The summed E-state index contributed by atoms with van der Waals surface area (Å²) in [5.41, 5.74) is 2.25. The van der Waals surface area contributed by atoms with E-state index >= 15 is 0 Å². The minimum absolute atomic E-state index is 0.580. The van der Waals surface area contributed by atoms with Crippen molar-refractivity contribution in [3.63, 3.8) is 0 Å². The number of nitrogens with one attached hydrogen (secondary N) is 1. The summed E-state index contributed by atoms with van der Waals surface area (Å²) < 4.78 is 0. The first-order valence-electron chi connectivity index (χ1n) is 6.97. The number of aromatic nitrogens is 1. The molecule has 18 heavy (non-hydrogen) atoms. The fraction of sp³-hybridized carbons (Fsp3) is 0.667. The summed E-state index contributed by atoms with van der Waals surface area (Å²) in [6.07, 6.45) is 2.39. The van der Waals surface area contributed by atoms with E-state index in [-0.39, 0.29) is 0 Å². The molecule has 0 bridgehead atoms. The van der Waals surface area contributed by atoms with Gasteiger partial charge in [0, 0.05) is 18.3 Å². The monoisotopic (exact) mass is 249 g/mol. The van der Waals surface area contributed by atoms with E-state index in [0.717, 1.165) is 31.0 Å². The molecule has 0 aliphatic heterocycles. The van der Waals surface area contributed by atoms with Crippen LogP contribution in [0.15, 0.2) is 18.2 Å². The first-order chi connectivity index (χ1) is 8.63. The number of hydrogen-bond acceptors (Lipinski definition) is 3. The van der Waals surface area contributed by atoms with Gasteiger partial charge < -0.3 is 5.32 Å². The highest BCUT2D eigenvalue weighted by molar-refractivity contribution is 5.09. The van der Waals surface area contributed by atoms with E-state index in [2.05, 4.69) is 48.2 Å². The van der Waals surface area contributed by atoms with Crippen molar-refractivity contribution in [1.29, 1.82) is 0 Å². The van der Waals surface area contributed by atoms with Crippen molar-refractivity contribution in [2.24, 2.45) is 0 Å². The average molecular weight is 249 g/mol. The molecule has 0 radical (unpaired) electrons. The smallest absolute Gasteiger partial charge is 0.0547 e. The molecule has 3 heteroatoms. The fourth-order valence-electron chi connectivity index (χ4n) is 1.93. The molecule has 0 aliphatic rings. The Balaban J connectivity index is 2.33. The first-order valence-corrected chi connectivity index (χ1v) is 6.97. The van der Waals surface area contributed by atoms with Gasteiger partial charge in [0.25, 0.3) is 0 Å². The SMILES string of the molecule is CCCNCCC(C)N(C)Cc1cccc(C)n1. The summed E-state index contributed by atoms with van der Waals surface area (Å²) in [5.74, 6) is 0. The summed E-state index contributed by atoms with van der Waals surface area (Å²) in [6.45, 7) is 9.67. The highest BCUT2D eigenvalue weighted by Gasteiger charge is 2.09. The van der Waals surface area contributed by atoms with Gasteiger partial charge in [-0.2, -0.15) is 0 Å². The topological polar surface area (TPSA) is 28.2 Å². The molecule has 0 aromatic carbocycles. The molecule has 0 saturated heterocycles. The molecule has 3 nitrogen and oxygen atoms in total. The summed E-state index contributed by atoms with van der Waals surface area (Å²) in [7, 11) is 2.18. The van der Waals surface area contributed by atoms with Crippen LogP contribution < -0.4 is 5.32 Å². The van der Waals surface area contributed by atoms with Gasteiger partial charge in [0.05, 0.1) is 5.69 Å². The average Bonchev–Trinajstić information content (AvgIpc) is 2.34. The van der Waals surface area contributed by atoms with Crippen LogP contribution >= 0.6 is 0 Å². The van der Waals surface area contributed by atoms with Crippen molar-refractivity contribution in [3.8, 4) is 0 Å². The van der Waals surface area contributed by atoms with Crippen molar-refractivity contribution in [2.45, 2.75) is 46.2 Å². The van der Waals surface area contributed by atoms with Gasteiger partial charge in [0.1, 0.15) is 0 Å². The van der Waals surface area contributed by atoms with Crippen LogP contribution in [0.1, 0.15) is 38.1 Å². The van der Waals surface area contributed by atoms with Gasteiger partial charge in [-0.1, -0.05) is 13.0 Å². The minimum Gasteiger partial charge on any atom is -0.317 e. The summed E-state index contributed by atoms with van der Waals surface area (Å²) in [5, 5.41) is 3.45. The lowest BCUT2D eigenvalue weighted by molar-refractivity contribution is 0.234. The maximum atomic E-state index is 4.55. The summed E-state index contributed by atoms with van der Waals surface area (Å²) >= 11 is 0. The van der Waals surface area contributed by atoms with Crippen molar-refractivity contribution < 1.29 is 0 Å². The second-order valence-electron chi connectivity index (χ2n) is 5.07. The molecule has 1 rings (SSSR count). The molecule has 0 aliphatic carbocycles. The van der Waals surface area contributed by atoms with Gasteiger partial charge >= 0.3 is 0 Å². The Morgan fingerprint density at radius 1 is 1.33 bits per heavy atom. The first kappa shape index (κ1) is 15.1. The lowest BCUT2D eigenvalue weighted by Gasteiger charge is -2.24. The number of nitrogens with zero attached hydrogens (tertiary/aromatic N) is 2. The lowest BCUT2D eigenvalue weighted by Crippen LogP contribution is -2.32. The molecule has 1 aromatic heterocycles. The zero-order valence-electron chi connectivity index (χ0n) is 12.2. The van der Waals surface area contributed by atoms with E-state index in [1.807, 2.05) is 13.0 Å². The molecular formula is C15H27N3. The molecule has 1 aromatic rings. The Morgan fingerprint density at radius 2 is 2.11 bits per heavy atom. The maximum absolute atomic E-state index is 4.55. The fourth-order valence-corrected chi connectivity index (χ4v) is 1.93. The van der Waals surface area contributed by atoms with Crippen LogP contribution in [0.4, 0.5) is 0 Å². The van der Waals surface area contributed by atoms with Crippen molar-refractivity contribution in [2.75, 3.05) is 20.1 Å². The van der Waals surface area contributed by atoms with E-state index in [9.17, 15) is 0 Å². The third-order valence-corrected chi connectivity index (χ3v) is 3.28. The quantitative estimate of drug-likeness (QED) is 0.718. The van der Waals surface area contributed by atoms with Crippen LogP contribution in [-0.2, 0) is 6.54 Å². The Kier molecular flexibility index (Phi) is 6.91. The van der Waals surface area contributed by atoms with Crippen LogP contribution in [0.25, 0.3) is 0 Å². The predicted molar refractivity (Wildman–Crippen MR) is 77.7 cm³/mol. The Morgan fingerprint density at radius 3 is 2.78 bits per heavy atom. The van der Waals surface area contributed by atoms with Gasteiger partial charge in [-0.05, 0) is 59.0 Å². The Hall–Kier alpha value is -0.930. The molecule has 0 amide bonds. The van der Waals surface area contributed by atoms with Crippen LogP contribution in [0, 0.1) is 6.92 Å². The standard InChI is InChI=1S/C15H27N3/c1-5-10-16-11-9-14(3)18(4)12-15-8-6-7-13(2)17-15/h6-8,14,16H,5,9-12H2,1-4H3. The number of rotatable bonds is 8. The van der Waals surface area contributed by atoms with Gasteiger partial charge in [0.15, 0.2) is 0 Å². The Labute approximate surface area is 112 Å². The van der Waals surface area contributed by atoms with Crippen LogP contribution in [0.2, 0.25) is 0 Å². The normalized spacial score (nSPS) is 12.9. The van der Waals surface area contributed by atoms with E-state index in [0.29, 0.717) is 6.04 Å². The molecule has 1 heterocycles. The van der Waals surface area contributed by atoms with E-state index in [4.69, 9.17) is 0 Å². The third-order valence-electron chi connectivity index (χ3n) is 3.28. The second-order valence-corrected chi connectivity index (χ2v) is 5.07. The molecule has 1 atom stereocenters. The molecular weight excluding hydrogens is 222 g/mol. The summed E-state index contributed by atoms with van der Waals surface area (Å²) in [6, 6.07) is 6.81. The largest absolute Gasteiger partial charge is 0.317 e. The molecule has 0 saturated carbocycles. The highest BCUT2D eigenvalue weighted by Crippen LogP contribution is 2.07. The molecule has 1 N–H and O–H groups in total. The summed E-state index contributed by atoms with van der Waals surface area (Å²) in [4.78, 5) is 6.92.